The number of aromatic amines is 1. The lowest BCUT2D eigenvalue weighted by Crippen LogP contribution is -2.37. The predicted octanol–water partition coefficient (Wildman–Crippen LogP) is 2.50. The van der Waals surface area contributed by atoms with E-state index in [0.29, 0.717) is 13.1 Å². The van der Waals surface area contributed by atoms with Crippen LogP contribution in [0, 0.1) is 0 Å². The average Bonchev–Trinajstić information content (AvgIpc) is 3.19. The van der Waals surface area contributed by atoms with E-state index in [2.05, 4.69) is 22.4 Å². The van der Waals surface area contributed by atoms with Crippen molar-refractivity contribution in [3.63, 3.8) is 0 Å². The minimum absolute atomic E-state index is 0.0137. The van der Waals surface area contributed by atoms with Crippen molar-refractivity contribution in [3.05, 3.63) is 53.9 Å². The van der Waals surface area contributed by atoms with Crippen molar-refractivity contribution in [2.75, 3.05) is 24.6 Å². The van der Waals surface area contributed by atoms with Gasteiger partial charge in [0.1, 0.15) is 10.6 Å². The summed E-state index contributed by atoms with van der Waals surface area (Å²) in [5.41, 5.74) is 1.50. The summed E-state index contributed by atoms with van der Waals surface area (Å²) in [6, 6.07) is 11.5. The highest BCUT2D eigenvalue weighted by molar-refractivity contribution is 7.99. The molecule has 8 heteroatoms. The van der Waals surface area contributed by atoms with E-state index in [9.17, 15) is 13.2 Å². The first-order valence-electron chi connectivity index (χ1n) is 9.08. The summed E-state index contributed by atoms with van der Waals surface area (Å²) >= 11 is 1.75. The lowest BCUT2D eigenvalue weighted by Gasteiger charge is -2.24. The standard InChI is InChI=1S/C19H25N3O3S2/c1-15(7-8-16-5-3-2-4-6-16)21-19(23)18-13-17(14-20-18)27(24,25)22-9-11-26-12-10-22/h2-6,13-15,20H,7-12H2,1H3,(H,21,23). The Labute approximate surface area is 164 Å². The second kappa shape index (κ2) is 8.95. The van der Waals surface area contributed by atoms with Crippen LogP contribution in [0.5, 0.6) is 0 Å². The van der Waals surface area contributed by atoms with Crippen molar-refractivity contribution in [3.8, 4) is 0 Å². The van der Waals surface area contributed by atoms with Gasteiger partial charge in [-0.15, -0.1) is 0 Å². The number of aromatic nitrogens is 1. The van der Waals surface area contributed by atoms with Gasteiger partial charge in [0.2, 0.25) is 10.0 Å². The molecule has 1 aromatic carbocycles. The van der Waals surface area contributed by atoms with Crippen molar-refractivity contribution in [1.29, 1.82) is 0 Å². The maximum Gasteiger partial charge on any atom is 0.267 e. The van der Waals surface area contributed by atoms with Gasteiger partial charge in [-0.05, 0) is 31.4 Å². The van der Waals surface area contributed by atoms with Crippen molar-refractivity contribution in [1.82, 2.24) is 14.6 Å². The van der Waals surface area contributed by atoms with Gasteiger partial charge in [-0.25, -0.2) is 8.42 Å². The molecule has 146 valence electrons. The zero-order chi connectivity index (χ0) is 19.3. The van der Waals surface area contributed by atoms with Crippen LogP contribution in [-0.2, 0) is 16.4 Å². The molecule has 27 heavy (non-hydrogen) atoms. The fourth-order valence-electron chi connectivity index (χ4n) is 2.99. The highest BCUT2D eigenvalue weighted by Crippen LogP contribution is 2.21. The summed E-state index contributed by atoms with van der Waals surface area (Å²) in [4.78, 5) is 15.4. The van der Waals surface area contributed by atoms with Crippen LogP contribution in [0.2, 0.25) is 0 Å². The van der Waals surface area contributed by atoms with Crippen LogP contribution < -0.4 is 5.32 Å². The molecule has 1 atom stereocenters. The number of sulfonamides is 1. The van der Waals surface area contributed by atoms with Crippen LogP contribution in [0.15, 0.2) is 47.5 Å². The molecule has 3 rings (SSSR count). The molecular formula is C19H25N3O3S2. The van der Waals surface area contributed by atoms with Gasteiger partial charge in [-0.2, -0.15) is 16.1 Å². The lowest BCUT2D eigenvalue weighted by molar-refractivity contribution is 0.0934. The molecule has 0 spiro atoms. The molecule has 0 radical (unpaired) electrons. The Hall–Kier alpha value is -1.77. The van der Waals surface area contributed by atoms with E-state index in [-0.39, 0.29) is 22.5 Å². The largest absolute Gasteiger partial charge is 0.356 e. The quantitative estimate of drug-likeness (QED) is 0.739. The Morgan fingerprint density at radius 3 is 2.67 bits per heavy atom. The number of amides is 1. The van der Waals surface area contributed by atoms with Crippen LogP contribution in [-0.4, -0.2) is 54.3 Å². The molecule has 1 aromatic heterocycles. The number of carbonyl (C=O) groups is 1. The summed E-state index contributed by atoms with van der Waals surface area (Å²) < 4.78 is 26.8. The number of benzene rings is 1. The number of nitrogens with one attached hydrogen (secondary N) is 2. The molecule has 0 saturated carbocycles. The lowest BCUT2D eigenvalue weighted by atomic mass is 10.1. The van der Waals surface area contributed by atoms with E-state index < -0.39 is 10.0 Å². The van der Waals surface area contributed by atoms with E-state index in [0.717, 1.165) is 24.3 Å². The predicted molar refractivity (Wildman–Crippen MR) is 109 cm³/mol. The molecule has 1 amide bonds. The second-order valence-corrected chi connectivity index (χ2v) is 9.83. The molecule has 1 fully saturated rings. The summed E-state index contributed by atoms with van der Waals surface area (Å²) in [6.07, 6.45) is 3.09. The highest BCUT2D eigenvalue weighted by Gasteiger charge is 2.27. The third-order valence-corrected chi connectivity index (χ3v) is 7.41. The number of H-pyrrole nitrogens is 1. The van der Waals surface area contributed by atoms with E-state index in [1.807, 2.05) is 25.1 Å². The van der Waals surface area contributed by atoms with Crippen LogP contribution >= 0.6 is 11.8 Å². The SMILES string of the molecule is CC(CCc1ccccc1)NC(=O)c1cc(S(=O)(=O)N2CCSCC2)c[nH]1. The van der Waals surface area contributed by atoms with Gasteiger partial charge in [0.05, 0.1) is 0 Å². The number of hydrogen-bond acceptors (Lipinski definition) is 4. The minimum Gasteiger partial charge on any atom is -0.356 e. The number of nitrogens with zero attached hydrogens (tertiary/aromatic N) is 1. The first kappa shape index (κ1) is 20.0. The monoisotopic (exact) mass is 407 g/mol. The average molecular weight is 408 g/mol. The maximum absolute atomic E-state index is 12.7. The molecule has 6 nitrogen and oxygen atoms in total. The van der Waals surface area contributed by atoms with Gasteiger partial charge in [-0.1, -0.05) is 30.3 Å². The van der Waals surface area contributed by atoms with Crippen LogP contribution in [0.25, 0.3) is 0 Å². The fourth-order valence-corrected chi connectivity index (χ4v) is 5.56. The number of aryl methyl sites for hydroxylation is 1. The topological polar surface area (TPSA) is 82.3 Å². The molecule has 2 aromatic rings. The van der Waals surface area contributed by atoms with Crippen LogP contribution in [0.4, 0.5) is 0 Å². The maximum atomic E-state index is 12.7. The molecule has 1 aliphatic rings. The van der Waals surface area contributed by atoms with E-state index in [4.69, 9.17) is 0 Å². The van der Waals surface area contributed by atoms with E-state index in [1.165, 1.54) is 22.1 Å². The summed E-state index contributed by atoms with van der Waals surface area (Å²) in [6.45, 7) is 2.97. The van der Waals surface area contributed by atoms with E-state index >= 15 is 0 Å². The molecule has 1 aliphatic heterocycles. The van der Waals surface area contributed by atoms with E-state index in [1.54, 1.807) is 11.8 Å². The number of rotatable bonds is 7. The summed E-state index contributed by atoms with van der Waals surface area (Å²) in [5, 5.41) is 2.93. The second-order valence-electron chi connectivity index (χ2n) is 6.66. The van der Waals surface area contributed by atoms with Crippen molar-refractivity contribution in [2.45, 2.75) is 30.7 Å². The number of hydrogen-bond donors (Lipinski definition) is 2. The number of thioether (sulfide) groups is 1. The molecular weight excluding hydrogens is 382 g/mol. The molecule has 2 heterocycles. The van der Waals surface area contributed by atoms with Gasteiger partial charge in [0.25, 0.3) is 5.91 Å². The molecule has 2 N–H and O–H groups in total. The Morgan fingerprint density at radius 1 is 1.26 bits per heavy atom. The summed E-state index contributed by atoms with van der Waals surface area (Å²) in [5.74, 6) is 1.32. The fraction of sp³-hybridized carbons (Fsp3) is 0.421. The Bertz CT molecular complexity index is 859. The first-order valence-corrected chi connectivity index (χ1v) is 11.7. The molecule has 1 saturated heterocycles. The third-order valence-electron chi connectivity index (χ3n) is 4.60. The van der Waals surface area contributed by atoms with Gasteiger partial charge >= 0.3 is 0 Å². The van der Waals surface area contributed by atoms with Gasteiger partial charge in [0, 0.05) is 36.8 Å². The van der Waals surface area contributed by atoms with Gasteiger partial charge in [0.15, 0.2) is 0 Å². The third kappa shape index (κ3) is 5.15. The minimum atomic E-state index is -3.54. The van der Waals surface area contributed by atoms with Crippen molar-refractivity contribution >= 4 is 27.7 Å². The summed E-state index contributed by atoms with van der Waals surface area (Å²) in [7, 11) is -3.54. The normalized spacial score (nSPS) is 16.8. The van der Waals surface area contributed by atoms with Crippen molar-refractivity contribution in [2.24, 2.45) is 0 Å². The molecule has 0 aliphatic carbocycles. The van der Waals surface area contributed by atoms with Gasteiger partial charge < -0.3 is 10.3 Å². The Balaban J connectivity index is 1.57. The zero-order valence-corrected chi connectivity index (χ0v) is 17.0. The Kier molecular flexibility index (Phi) is 6.62. The Morgan fingerprint density at radius 2 is 1.96 bits per heavy atom. The highest BCUT2D eigenvalue weighted by atomic mass is 32.2. The van der Waals surface area contributed by atoms with Gasteiger partial charge in [-0.3, -0.25) is 4.79 Å². The molecule has 1 unspecified atom stereocenters. The van der Waals surface area contributed by atoms with Crippen LogP contribution in [0.1, 0.15) is 29.4 Å². The van der Waals surface area contributed by atoms with Crippen molar-refractivity contribution < 1.29 is 13.2 Å². The number of carbonyl (C=O) groups excluding carboxylic acids is 1. The smallest absolute Gasteiger partial charge is 0.267 e. The first-order chi connectivity index (χ1) is 13.0. The zero-order valence-electron chi connectivity index (χ0n) is 15.3. The van der Waals surface area contributed by atoms with Crippen LogP contribution in [0.3, 0.4) is 0 Å². The molecule has 0 bridgehead atoms.